The second kappa shape index (κ2) is 6.76. The van der Waals surface area contributed by atoms with Crippen LogP contribution in [0.3, 0.4) is 0 Å². The van der Waals surface area contributed by atoms with Gasteiger partial charge in [0.1, 0.15) is 0 Å². The van der Waals surface area contributed by atoms with Crippen molar-refractivity contribution in [3.8, 4) is 0 Å². The zero-order valence-electron chi connectivity index (χ0n) is 11.4. The van der Waals surface area contributed by atoms with Gasteiger partial charge in [-0.2, -0.15) is 0 Å². The molecule has 0 saturated carbocycles. The molecule has 1 aromatic carbocycles. The first-order valence-electron chi connectivity index (χ1n) is 6.17. The lowest BCUT2D eigenvalue weighted by Crippen LogP contribution is -2.39. The summed E-state index contributed by atoms with van der Waals surface area (Å²) < 4.78 is 0. The number of halogens is 1. The molecule has 4 heteroatoms. The van der Waals surface area contributed by atoms with Gasteiger partial charge in [-0.3, -0.25) is 4.79 Å². The number of likely N-dealkylation sites (N-methyl/N-ethyl adjacent to an activating group) is 1. The highest BCUT2D eigenvalue weighted by molar-refractivity contribution is 6.31. The van der Waals surface area contributed by atoms with E-state index in [0.717, 1.165) is 5.56 Å². The minimum absolute atomic E-state index is 0.0276. The van der Waals surface area contributed by atoms with E-state index >= 15 is 0 Å². The lowest BCUT2D eigenvalue weighted by atomic mass is 10.1. The first kappa shape index (κ1) is 15.0. The zero-order valence-corrected chi connectivity index (χ0v) is 12.2. The van der Waals surface area contributed by atoms with Gasteiger partial charge >= 0.3 is 0 Å². The molecule has 1 aromatic rings. The topological polar surface area (TPSA) is 32.3 Å². The third-order valence-corrected chi connectivity index (χ3v) is 3.34. The number of carbonyl (C=O) groups excluding carboxylic acids is 1. The van der Waals surface area contributed by atoms with Gasteiger partial charge in [-0.25, -0.2) is 0 Å². The fourth-order valence-electron chi connectivity index (χ4n) is 1.65. The van der Waals surface area contributed by atoms with Crippen molar-refractivity contribution in [2.45, 2.75) is 32.9 Å². The molecule has 3 nitrogen and oxygen atoms in total. The van der Waals surface area contributed by atoms with Gasteiger partial charge in [0.15, 0.2) is 0 Å². The molecule has 0 aliphatic carbocycles. The Hall–Kier alpha value is -1.06. The highest BCUT2D eigenvalue weighted by Crippen LogP contribution is 2.25. The number of nitrogens with zero attached hydrogens (tertiary/aromatic N) is 1. The average Bonchev–Trinajstić information content (AvgIpc) is 2.34. The molecule has 1 amide bonds. The predicted octanol–water partition coefficient (Wildman–Crippen LogP) is 2.86. The quantitative estimate of drug-likeness (QED) is 0.891. The summed E-state index contributed by atoms with van der Waals surface area (Å²) in [6.07, 6.45) is 0. The van der Waals surface area contributed by atoms with Gasteiger partial charge in [0.2, 0.25) is 5.91 Å². The molecule has 0 heterocycles. The van der Waals surface area contributed by atoms with Crippen molar-refractivity contribution in [2.75, 3.05) is 13.6 Å². The van der Waals surface area contributed by atoms with Crippen molar-refractivity contribution in [1.82, 2.24) is 10.2 Å². The molecule has 1 atom stereocenters. The number of benzene rings is 1. The van der Waals surface area contributed by atoms with E-state index in [2.05, 4.69) is 5.32 Å². The second-order valence-electron chi connectivity index (χ2n) is 4.74. The number of hydrogen-bond donors (Lipinski definition) is 1. The summed E-state index contributed by atoms with van der Waals surface area (Å²) in [6.45, 7) is 6.37. The van der Waals surface area contributed by atoms with Crippen molar-refractivity contribution in [1.29, 1.82) is 0 Å². The summed E-state index contributed by atoms with van der Waals surface area (Å²) in [5.41, 5.74) is 0.972. The number of amides is 1. The van der Waals surface area contributed by atoms with Crippen LogP contribution >= 0.6 is 11.6 Å². The van der Waals surface area contributed by atoms with E-state index in [9.17, 15) is 4.79 Å². The van der Waals surface area contributed by atoms with Crippen LogP contribution < -0.4 is 5.32 Å². The molecule has 18 heavy (non-hydrogen) atoms. The molecule has 0 fully saturated rings. The van der Waals surface area contributed by atoms with Gasteiger partial charge in [-0.05, 0) is 18.6 Å². The van der Waals surface area contributed by atoms with Crippen molar-refractivity contribution in [3.63, 3.8) is 0 Å². The van der Waals surface area contributed by atoms with E-state index < -0.39 is 0 Å². The van der Waals surface area contributed by atoms with Crippen LogP contribution in [-0.4, -0.2) is 30.4 Å². The van der Waals surface area contributed by atoms with Crippen LogP contribution in [0, 0.1) is 0 Å². The average molecular weight is 269 g/mol. The SMILES string of the molecule is CC(C)NCC(=O)N(C)C(C)c1ccccc1Cl. The normalized spacial score (nSPS) is 12.6. The lowest BCUT2D eigenvalue weighted by molar-refractivity contribution is -0.130. The van der Waals surface area contributed by atoms with E-state index in [1.165, 1.54) is 0 Å². The van der Waals surface area contributed by atoms with Crippen molar-refractivity contribution in [3.05, 3.63) is 34.9 Å². The first-order chi connectivity index (χ1) is 8.43. The molecule has 1 rings (SSSR count). The van der Waals surface area contributed by atoms with E-state index in [-0.39, 0.29) is 11.9 Å². The van der Waals surface area contributed by atoms with Crippen LogP contribution in [0.1, 0.15) is 32.4 Å². The summed E-state index contributed by atoms with van der Waals surface area (Å²) in [6, 6.07) is 7.89. The maximum Gasteiger partial charge on any atom is 0.236 e. The number of nitrogens with one attached hydrogen (secondary N) is 1. The summed E-state index contributed by atoms with van der Waals surface area (Å²) >= 11 is 6.14. The molecule has 0 spiro atoms. The Morgan fingerprint density at radius 3 is 2.50 bits per heavy atom. The molecule has 0 aromatic heterocycles. The fourth-order valence-corrected chi connectivity index (χ4v) is 1.95. The van der Waals surface area contributed by atoms with E-state index in [1.54, 1.807) is 11.9 Å². The van der Waals surface area contributed by atoms with Crippen molar-refractivity contribution < 1.29 is 4.79 Å². The Kier molecular flexibility index (Phi) is 5.63. The summed E-state index contributed by atoms with van der Waals surface area (Å²) in [4.78, 5) is 13.7. The Morgan fingerprint density at radius 2 is 1.94 bits per heavy atom. The molecule has 0 radical (unpaired) electrons. The van der Waals surface area contributed by atoms with Crippen LogP contribution in [0.25, 0.3) is 0 Å². The largest absolute Gasteiger partial charge is 0.338 e. The Morgan fingerprint density at radius 1 is 1.33 bits per heavy atom. The van der Waals surface area contributed by atoms with Crippen LogP contribution in [-0.2, 0) is 4.79 Å². The Bertz CT molecular complexity index is 407. The molecular weight excluding hydrogens is 248 g/mol. The number of hydrogen-bond acceptors (Lipinski definition) is 2. The minimum Gasteiger partial charge on any atom is -0.338 e. The molecule has 1 unspecified atom stereocenters. The molecule has 0 bridgehead atoms. The van der Waals surface area contributed by atoms with Crippen LogP contribution in [0.5, 0.6) is 0 Å². The molecular formula is C14H21ClN2O. The second-order valence-corrected chi connectivity index (χ2v) is 5.14. The molecule has 100 valence electrons. The molecule has 0 aliphatic heterocycles. The highest BCUT2D eigenvalue weighted by atomic mass is 35.5. The molecule has 0 saturated heterocycles. The standard InChI is InChI=1S/C14H21ClN2O/c1-10(2)16-9-14(18)17(4)11(3)12-7-5-6-8-13(12)15/h5-8,10-11,16H,9H2,1-4H3. The van der Waals surface area contributed by atoms with E-state index in [0.29, 0.717) is 17.6 Å². The minimum atomic E-state index is -0.0276. The number of carbonyl (C=O) groups is 1. The maximum atomic E-state index is 12.0. The Labute approximate surface area is 114 Å². The van der Waals surface area contributed by atoms with E-state index in [4.69, 9.17) is 11.6 Å². The molecule has 1 N–H and O–H groups in total. The number of rotatable bonds is 5. The van der Waals surface area contributed by atoms with Crippen LogP contribution in [0.15, 0.2) is 24.3 Å². The van der Waals surface area contributed by atoms with Gasteiger partial charge in [0.05, 0.1) is 12.6 Å². The zero-order chi connectivity index (χ0) is 13.7. The van der Waals surface area contributed by atoms with Crippen LogP contribution in [0.4, 0.5) is 0 Å². The third-order valence-electron chi connectivity index (χ3n) is 2.99. The van der Waals surface area contributed by atoms with Crippen molar-refractivity contribution >= 4 is 17.5 Å². The summed E-state index contributed by atoms with van der Waals surface area (Å²) in [5, 5.41) is 3.82. The van der Waals surface area contributed by atoms with Crippen molar-refractivity contribution in [2.24, 2.45) is 0 Å². The molecule has 0 aliphatic rings. The maximum absolute atomic E-state index is 12.0. The predicted molar refractivity (Wildman–Crippen MR) is 75.8 cm³/mol. The summed E-state index contributed by atoms with van der Waals surface area (Å²) in [7, 11) is 1.80. The summed E-state index contributed by atoms with van der Waals surface area (Å²) in [5.74, 6) is 0.0659. The smallest absolute Gasteiger partial charge is 0.236 e. The van der Waals surface area contributed by atoms with E-state index in [1.807, 2.05) is 45.0 Å². The lowest BCUT2D eigenvalue weighted by Gasteiger charge is -2.26. The monoisotopic (exact) mass is 268 g/mol. The van der Waals surface area contributed by atoms with Crippen LogP contribution in [0.2, 0.25) is 5.02 Å². The van der Waals surface area contributed by atoms with Gasteiger partial charge in [0.25, 0.3) is 0 Å². The first-order valence-corrected chi connectivity index (χ1v) is 6.54. The Balaban J connectivity index is 2.69. The fraction of sp³-hybridized carbons (Fsp3) is 0.500. The van der Waals surface area contributed by atoms with Gasteiger partial charge in [0, 0.05) is 18.1 Å². The van der Waals surface area contributed by atoms with Gasteiger partial charge < -0.3 is 10.2 Å². The van der Waals surface area contributed by atoms with Gasteiger partial charge in [-0.1, -0.05) is 43.6 Å². The highest BCUT2D eigenvalue weighted by Gasteiger charge is 2.18. The third kappa shape index (κ3) is 4.00. The van der Waals surface area contributed by atoms with Gasteiger partial charge in [-0.15, -0.1) is 0 Å².